The first-order chi connectivity index (χ1) is 9.11. The molecule has 19 heavy (non-hydrogen) atoms. The number of benzene rings is 1. The molecule has 2 rings (SSSR count). The van der Waals surface area contributed by atoms with Gasteiger partial charge < -0.3 is 15.8 Å². The normalized spacial score (nSPS) is 10.3. The van der Waals surface area contributed by atoms with Gasteiger partial charge in [0.2, 0.25) is 5.88 Å². The van der Waals surface area contributed by atoms with Gasteiger partial charge in [-0.1, -0.05) is 0 Å². The molecule has 0 aliphatic carbocycles. The lowest BCUT2D eigenvalue weighted by Crippen LogP contribution is -2.04. The lowest BCUT2D eigenvalue weighted by atomic mass is 10.3. The molecule has 4 nitrogen and oxygen atoms in total. The smallest absolute Gasteiger partial charge is 0.235 e. The molecule has 0 fully saturated rings. The summed E-state index contributed by atoms with van der Waals surface area (Å²) < 4.78 is 19.0. The molecule has 0 atom stereocenters. The van der Waals surface area contributed by atoms with Crippen molar-refractivity contribution in [2.24, 2.45) is 0 Å². The lowest BCUT2D eigenvalue weighted by Gasteiger charge is -2.13. The summed E-state index contributed by atoms with van der Waals surface area (Å²) in [5.41, 5.74) is 7.09. The molecule has 100 valence electrons. The third-order valence-electron chi connectivity index (χ3n) is 2.40. The number of rotatable bonds is 4. The number of nitrogens with two attached hydrogens (primary N) is 1. The van der Waals surface area contributed by atoms with Gasteiger partial charge >= 0.3 is 0 Å². The number of nitrogens with one attached hydrogen (secondary N) is 1. The van der Waals surface area contributed by atoms with E-state index in [1.165, 1.54) is 30.5 Å². The number of hydrogen-bond donors (Lipinski definition) is 2. The summed E-state index contributed by atoms with van der Waals surface area (Å²) in [4.78, 5) is 4.11. The maximum Gasteiger partial charge on any atom is 0.235 e. The van der Waals surface area contributed by atoms with Crippen molar-refractivity contribution >= 4 is 27.3 Å². The lowest BCUT2D eigenvalue weighted by molar-refractivity contribution is 0.458. The van der Waals surface area contributed by atoms with Gasteiger partial charge in [0.15, 0.2) is 0 Å². The second-order valence-electron chi connectivity index (χ2n) is 3.79. The third-order valence-corrected chi connectivity index (χ3v) is 3.13. The molecule has 0 aliphatic heterocycles. The number of nitrogen functional groups attached to an aromatic ring is 1. The van der Waals surface area contributed by atoms with Gasteiger partial charge in [0.25, 0.3) is 0 Å². The number of ether oxygens (including phenoxy) is 1. The SMILES string of the molecule is CCNc1c(N)cnc(Oc2ccc(F)cc2)c1Br. The third kappa shape index (κ3) is 3.14. The van der Waals surface area contributed by atoms with E-state index in [0.717, 1.165) is 12.2 Å². The van der Waals surface area contributed by atoms with E-state index in [2.05, 4.69) is 26.2 Å². The highest BCUT2D eigenvalue weighted by molar-refractivity contribution is 9.10. The van der Waals surface area contributed by atoms with Crippen molar-refractivity contribution < 1.29 is 9.13 Å². The van der Waals surface area contributed by atoms with E-state index in [1.807, 2.05) is 6.92 Å². The van der Waals surface area contributed by atoms with Crippen LogP contribution in [0.25, 0.3) is 0 Å². The minimum Gasteiger partial charge on any atom is -0.438 e. The molecule has 1 aromatic heterocycles. The number of pyridine rings is 1. The Hall–Kier alpha value is -1.82. The van der Waals surface area contributed by atoms with Crippen LogP contribution < -0.4 is 15.8 Å². The van der Waals surface area contributed by atoms with Gasteiger partial charge in [-0.05, 0) is 47.1 Å². The second-order valence-corrected chi connectivity index (χ2v) is 4.59. The van der Waals surface area contributed by atoms with Crippen LogP contribution in [0.3, 0.4) is 0 Å². The second kappa shape index (κ2) is 5.88. The van der Waals surface area contributed by atoms with Gasteiger partial charge in [-0.3, -0.25) is 0 Å². The van der Waals surface area contributed by atoms with Gasteiger partial charge in [0.05, 0.1) is 17.6 Å². The maximum atomic E-state index is 12.8. The molecule has 0 radical (unpaired) electrons. The van der Waals surface area contributed by atoms with E-state index < -0.39 is 0 Å². The first-order valence-corrected chi connectivity index (χ1v) is 6.52. The number of halogens is 2. The number of anilines is 2. The summed E-state index contributed by atoms with van der Waals surface area (Å²) in [5.74, 6) is 0.559. The van der Waals surface area contributed by atoms with Crippen LogP contribution in [0.2, 0.25) is 0 Å². The Morgan fingerprint density at radius 2 is 2.05 bits per heavy atom. The van der Waals surface area contributed by atoms with Crippen molar-refractivity contribution in [2.75, 3.05) is 17.6 Å². The molecular formula is C13H13BrFN3O. The van der Waals surface area contributed by atoms with E-state index in [4.69, 9.17) is 10.5 Å². The standard InChI is InChI=1S/C13H13BrFN3O/c1-2-17-12-10(16)7-18-13(11(12)14)19-9-5-3-8(15)4-6-9/h3-7H,2,16H2,1H3,(H,17,18). The fourth-order valence-electron chi connectivity index (χ4n) is 1.52. The summed E-state index contributed by atoms with van der Waals surface area (Å²) >= 11 is 3.40. The summed E-state index contributed by atoms with van der Waals surface area (Å²) in [6, 6.07) is 5.72. The quantitative estimate of drug-likeness (QED) is 0.897. The zero-order chi connectivity index (χ0) is 13.8. The van der Waals surface area contributed by atoms with Crippen LogP contribution in [0.15, 0.2) is 34.9 Å². The van der Waals surface area contributed by atoms with Gasteiger partial charge in [0.1, 0.15) is 16.0 Å². The van der Waals surface area contributed by atoms with Crippen LogP contribution in [-0.4, -0.2) is 11.5 Å². The molecule has 0 unspecified atom stereocenters. The molecule has 3 N–H and O–H groups in total. The average Bonchev–Trinajstić information content (AvgIpc) is 2.40. The molecule has 0 spiro atoms. The van der Waals surface area contributed by atoms with Gasteiger partial charge in [-0.15, -0.1) is 0 Å². The highest BCUT2D eigenvalue weighted by atomic mass is 79.9. The van der Waals surface area contributed by atoms with Crippen molar-refractivity contribution in [2.45, 2.75) is 6.92 Å². The van der Waals surface area contributed by atoms with Crippen LogP contribution in [0.4, 0.5) is 15.8 Å². The highest BCUT2D eigenvalue weighted by Gasteiger charge is 2.12. The summed E-state index contributed by atoms with van der Waals surface area (Å²) in [7, 11) is 0. The first kappa shape index (κ1) is 13.6. The van der Waals surface area contributed by atoms with Gasteiger partial charge in [-0.25, -0.2) is 9.37 Å². The van der Waals surface area contributed by atoms with E-state index in [-0.39, 0.29) is 5.82 Å². The molecule has 1 aromatic carbocycles. The summed E-state index contributed by atoms with van der Waals surface area (Å²) in [6.07, 6.45) is 1.52. The zero-order valence-corrected chi connectivity index (χ0v) is 11.9. The summed E-state index contributed by atoms with van der Waals surface area (Å²) in [5, 5.41) is 3.13. The van der Waals surface area contributed by atoms with Crippen LogP contribution in [0, 0.1) is 5.82 Å². The number of nitrogens with zero attached hydrogens (tertiary/aromatic N) is 1. The molecule has 0 amide bonds. The Balaban J connectivity index is 2.30. The summed E-state index contributed by atoms with van der Waals surface area (Å²) in [6.45, 7) is 2.69. The highest BCUT2D eigenvalue weighted by Crippen LogP contribution is 2.36. The topological polar surface area (TPSA) is 60.2 Å². The van der Waals surface area contributed by atoms with Crippen molar-refractivity contribution in [3.8, 4) is 11.6 Å². The minimum absolute atomic E-state index is 0.315. The van der Waals surface area contributed by atoms with Crippen LogP contribution in [-0.2, 0) is 0 Å². The van der Waals surface area contributed by atoms with Gasteiger partial charge in [0, 0.05) is 6.54 Å². The predicted molar refractivity (Wildman–Crippen MR) is 77.0 cm³/mol. The van der Waals surface area contributed by atoms with Crippen LogP contribution in [0.1, 0.15) is 6.92 Å². The largest absolute Gasteiger partial charge is 0.438 e. The minimum atomic E-state index is -0.315. The first-order valence-electron chi connectivity index (χ1n) is 5.73. The van der Waals surface area contributed by atoms with E-state index >= 15 is 0 Å². The Kier molecular flexibility index (Phi) is 4.21. The number of hydrogen-bond acceptors (Lipinski definition) is 4. The van der Waals surface area contributed by atoms with Crippen LogP contribution in [0.5, 0.6) is 11.6 Å². The fourth-order valence-corrected chi connectivity index (χ4v) is 2.08. The molecule has 2 aromatic rings. The monoisotopic (exact) mass is 325 g/mol. The molecule has 0 aliphatic rings. The van der Waals surface area contributed by atoms with E-state index in [0.29, 0.717) is 21.8 Å². The Morgan fingerprint density at radius 1 is 1.37 bits per heavy atom. The molecule has 1 heterocycles. The van der Waals surface area contributed by atoms with Crippen molar-refractivity contribution in [3.05, 3.63) is 40.8 Å². The van der Waals surface area contributed by atoms with E-state index in [9.17, 15) is 4.39 Å². The molecular weight excluding hydrogens is 313 g/mol. The van der Waals surface area contributed by atoms with Crippen LogP contribution >= 0.6 is 15.9 Å². The molecule has 0 saturated heterocycles. The molecule has 0 saturated carbocycles. The van der Waals surface area contributed by atoms with E-state index in [1.54, 1.807) is 0 Å². The zero-order valence-electron chi connectivity index (χ0n) is 10.3. The average molecular weight is 326 g/mol. The fraction of sp³-hybridized carbons (Fsp3) is 0.154. The Morgan fingerprint density at radius 3 is 2.68 bits per heavy atom. The molecule has 0 bridgehead atoms. The number of aromatic nitrogens is 1. The Labute approximate surface area is 118 Å². The molecule has 6 heteroatoms. The van der Waals surface area contributed by atoms with Crippen molar-refractivity contribution in [1.29, 1.82) is 0 Å². The van der Waals surface area contributed by atoms with Gasteiger partial charge in [-0.2, -0.15) is 0 Å². The maximum absolute atomic E-state index is 12.8. The van der Waals surface area contributed by atoms with Crippen molar-refractivity contribution in [3.63, 3.8) is 0 Å². The predicted octanol–water partition coefficient (Wildman–Crippen LogP) is 3.79. The van der Waals surface area contributed by atoms with Crippen molar-refractivity contribution in [1.82, 2.24) is 4.98 Å². The Bertz CT molecular complexity index is 575.